The third-order valence-corrected chi connectivity index (χ3v) is 3.31. The average Bonchev–Trinajstić information content (AvgIpc) is 2.70. The Hall–Kier alpha value is -0.810. The lowest BCUT2D eigenvalue weighted by molar-refractivity contribution is -0.119. The van der Waals surface area contributed by atoms with Crippen LogP contribution >= 0.6 is 0 Å². The molecule has 2 fully saturated rings. The number of hydrogen-bond acceptors (Lipinski definition) is 4. The molecule has 0 aromatic rings. The number of carbonyl (C=O) groups is 1. The van der Waals surface area contributed by atoms with Crippen LogP contribution in [-0.2, 0) is 9.57 Å². The van der Waals surface area contributed by atoms with Gasteiger partial charge in [-0.15, -0.1) is 0 Å². The summed E-state index contributed by atoms with van der Waals surface area (Å²) in [4.78, 5) is 18.9. The summed E-state index contributed by atoms with van der Waals surface area (Å²) in [5.74, 6) is 0.425. The van der Waals surface area contributed by atoms with Crippen molar-refractivity contribution in [3.8, 4) is 0 Å². The van der Waals surface area contributed by atoms with E-state index in [1.807, 2.05) is 26.0 Å². The Labute approximate surface area is 89.9 Å². The highest BCUT2D eigenvalue weighted by molar-refractivity contribution is 5.68. The molecule has 86 valence electrons. The van der Waals surface area contributed by atoms with E-state index >= 15 is 0 Å². The second kappa shape index (κ2) is 3.98. The number of carbonyl (C=O) groups excluding carboxylic acids is 1. The monoisotopic (exact) mass is 214 g/mol. The maximum absolute atomic E-state index is 11.6. The molecule has 0 bridgehead atoms. The van der Waals surface area contributed by atoms with Gasteiger partial charge in [-0.05, 0) is 13.8 Å². The molecule has 0 aliphatic carbocycles. The number of hydroxylamine groups is 2. The second-order valence-electron chi connectivity index (χ2n) is 4.18. The smallest absolute Gasteiger partial charge is 0.410 e. The molecule has 0 aromatic carbocycles. The van der Waals surface area contributed by atoms with Gasteiger partial charge in [0.25, 0.3) is 0 Å². The van der Waals surface area contributed by atoms with Crippen LogP contribution in [-0.4, -0.2) is 54.9 Å². The molecule has 0 radical (unpaired) electrons. The van der Waals surface area contributed by atoms with Gasteiger partial charge in [-0.25, -0.2) is 4.79 Å². The maximum Gasteiger partial charge on any atom is 0.410 e. The molecule has 15 heavy (non-hydrogen) atoms. The molecule has 3 atom stereocenters. The molecular formula is C10H18N2O3. The highest BCUT2D eigenvalue weighted by Crippen LogP contribution is 2.32. The van der Waals surface area contributed by atoms with E-state index in [1.165, 1.54) is 0 Å². The van der Waals surface area contributed by atoms with E-state index in [2.05, 4.69) is 0 Å². The number of hydrogen-bond donors (Lipinski definition) is 0. The van der Waals surface area contributed by atoms with Crippen LogP contribution < -0.4 is 0 Å². The van der Waals surface area contributed by atoms with Crippen molar-refractivity contribution in [3.05, 3.63) is 0 Å². The van der Waals surface area contributed by atoms with Gasteiger partial charge in [0.2, 0.25) is 0 Å². The zero-order chi connectivity index (χ0) is 11.0. The molecule has 2 saturated heterocycles. The minimum atomic E-state index is -0.201. The van der Waals surface area contributed by atoms with E-state index in [-0.39, 0.29) is 12.1 Å². The van der Waals surface area contributed by atoms with E-state index in [0.717, 1.165) is 6.54 Å². The highest BCUT2D eigenvalue weighted by atomic mass is 16.7. The van der Waals surface area contributed by atoms with E-state index in [4.69, 9.17) is 9.57 Å². The lowest BCUT2D eigenvalue weighted by atomic mass is 10.0. The Balaban J connectivity index is 2.03. The molecule has 3 unspecified atom stereocenters. The van der Waals surface area contributed by atoms with Gasteiger partial charge in [0.1, 0.15) is 0 Å². The number of rotatable bonds is 1. The molecule has 0 N–H and O–H groups in total. The third kappa shape index (κ3) is 1.70. The van der Waals surface area contributed by atoms with Crippen LogP contribution in [0.3, 0.4) is 0 Å². The summed E-state index contributed by atoms with van der Waals surface area (Å²) in [7, 11) is 1.93. The summed E-state index contributed by atoms with van der Waals surface area (Å²) in [6.07, 6.45) is -0.201. The van der Waals surface area contributed by atoms with Crippen LogP contribution in [0.5, 0.6) is 0 Å². The predicted octanol–water partition coefficient (Wildman–Crippen LogP) is 0.709. The molecule has 2 aliphatic heterocycles. The summed E-state index contributed by atoms with van der Waals surface area (Å²) in [6, 6.07) is 0.482. The number of amides is 1. The molecule has 5 heteroatoms. The van der Waals surface area contributed by atoms with Gasteiger partial charge in [0.15, 0.2) is 0 Å². The standard InChI is InChI=1S/C10H18N2O3/c1-4-14-10(13)12-5-8-6-15-11(3)9(8)7(12)2/h7-9H,4-6H2,1-3H3. The van der Waals surface area contributed by atoms with Crippen LogP contribution in [0.2, 0.25) is 0 Å². The molecule has 0 aromatic heterocycles. The van der Waals surface area contributed by atoms with E-state index in [1.54, 1.807) is 4.90 Å². The summed E-state index contributed by atoms with van der Waals surface area (Å²) in [5, 5.41) is 1.87. The molecule has 0 spiro atoms. The first-order valence-corrected chi connectivity index (χ1v) is 5.44. The Morgan fingerprint density at radius 1 is 1.60 bits per heavy atom. The summed E-state index contributed by atoms with van der Waals surface area (Å²) >= 11 is 0. The van der Waals surface area contributed by atoms with Gasteiger partial charge in [-0.1, -0.05) is 0 Å². The Kier molecular flexibility index (Phi) is 2.84. The Morgan fingerprint density at radius 2 is 2.33 bits per heavy atom. The zero-order valence-electron chi connectivity index (χ0n) is 9.47. The van der Waals surface area contributed by atoms with Crippen molar-refractivity contribution < 1.29 is 14.4 Å². The molecule has 0 saturated carbocycles. The van der Waals surface area contributed by atoms with Gasteiger partial charge in [-0.2, -0.15) is 5.06 Å². The maximum atomic E-state index is 11.6. The fourth-order valence-corrected chi connectivity index (χ4v) is 2.60. The molecule has 2 aliphatic rings. The van der Waals surface area contributed by atoms with Crippen LogP contribution in [0, 0.1) is 5.92 Å². The van der Waals surface area contributed by atoms with E-state index in [0.29, 0.717) is 25.2 Å². The number of likely N-dealkylation sites (tertiary alicyclic amines) is 1. The van der Waals surface area contributed by atoms with E-state index in [9.17, 15) is 4.79 Å². The second-order valence-corrected chi connectivity index (χ2v) is 4.18. The first-order chi connectivity index (χ1) is 7.15. The van der Waals surface area contributed by atoms with Crippen LogP contribution in [0.15, 0.2) is 0 Å². The summed E-state index contributed by atoms with van der Waals surface area (Å²) in [5.41, 5.74) is 0. The largest absolute Gasteiger partial charge is 0.450 e. The predicted molar refractivity (Wildman–Crippen MR) is 54.2 cm³/mol. The minimum absolute atomic E-state index is 0.168. The first-order valence-electron chi connectivity index (χ1n) is 5.44. The molecular weight excluding hydrogens is 196 g/mol. The first kappa shape index (κ1) is 10.7. The van der Waals surface area contributed by atoms with Crippen molar-refractivity contribution in [1.82, 2.24) is 9.96 Å². The highest BCUT2D eigenvalue weighted by Gasteiger charge is 2.48. The summed E-state index contributed by atoms with van der Waals surface area (Å²) < 4.78 is 5.02. The van der Waals surface area contributed by atoms with Crippen molar-refractivity contribution in [1.29, 1.82) is 0 Å². The lowest BCUT2D eigenvalue weighted by Gasteiger charge is -2.26. The van der Waals surface area contributed by atoms with Crippen LogP contribution in [0.1, 0.15) is 13.8 Å². The van der Waals surface area contributed by atoms with Gasteiger partial charge >= 0.3 is 6.09 Å². The van der Waals surface area contributed by atoms with Gasteiger partial charge in [0.05, 0.1) is 25.3 Å². The molecule has 2 rings (SSSR count). The normalized spacial score (nSPS) is 35.7. The number of likely N-dealkylation sites (N-methyl/N-ethyl adjacent to an activating group) is 1. The molecule has 1 amide bonds. The summed E-state index contributed by atoms with van der Waals surface area (Å²) in [6.45, 7) is 5.77. The van der Waals surface area contributed by atoms with Crippen molar-refractivity contribution in [2.75, 3.05) is 26.8 Å². The van der Waals surface area contributed by atoms with E-state index < -0.39 is 0 Å². The average molecular weight is 214 g/mol. The SMILES string of the molecule is CCOC(=O)N1CC2CON(C)C2C1C. The van der Waals surface area contributed by atoms with Crippen LogP contribution in [0.25, 0.3) is 0 Å². The zero-order valence-corrected chi connectivity index (χ0v) is 9.47. The van der Waals surface area contributed by atoms with Crippen molar-refractivity contribution in [3.63, 3.8) is 0 Å². The van der Waals surface area contributed by atoms with Crippen molar-refractivity contribution >= 4 is 6.09 Å². The number of nitrogens with zero attached hydrogens (tertiary/aromatic N) is 2. The van der Waals surface area contributed by atoms with Gasteiger partial charge < -0.3 is 9.64 Å². The fourth-order valence-electron chi connectivity index (χ4n) is 2.60. The van der Waals surface area contributed by atoms with Gasteiger partial charge in [0, 0.05) is 19.5 Å². The Morgan fingerprint density at radius 3 is 2.93 bits per heavy atom. The van der Waals surface area contributed by atoms with Crippen LogP contribution in [0.4, 0.5) is 4.79 Å². The number of ether oxygens (including phenoxy) is 1. The lowest BCUT2D eigenvalue weighted by Crippen LogP contribution is -2.42. The topological polar surface area (TPSA) is 42.0 Å². The molecule has 5 nitrogen and oxygen atoms in total. The van der Waals surface area contributed by atoms with Crippen molar-refractivity contribution in [2.24, 2.45) is 5.92 Å². The van der Waals surface area contributed by atoms with Crippen molar-refractivity contribution in [2.45, 2.75) is 25.9 Å². The third-order valence-electron chi connectivity index (χ3n) is 3.31. The van der Waals surface area contributed by atoms with Gasteiger partial charge in [-0.3, -0.25) is 4.84 Å². The Bertz CT molecular complexity index is 259. The quantitative estimate of drug-likeness (QED) is 0.644. The minimum Gasteiger partial charge on any atom is -0.450 e. The fraction of sp³-hybridized carbons (Fsp3) is 0.900. The number of fused-ring (bicyclic) bond motifs is 1. The molecule has 2 heterocycles.